The summed E-state index contributed by atoms with van der Waals surface area (Å²) in [5, 5.41) is 8.59. The van der Waals surface area contributed by atoms with Crippen LogP contribution in [0.15, 0.2) is 0 Å². The lowest BCUT2D eigenvalue weighted by atomic mass is 10.1. The molecule has 0 aromatic rings. The van der Waals surface area contributed by atoms with Crippen molar-refractivity contribution in [2.24, 2.45) is 5.92 Å². The van der Waals surface area contributed by atoms with Gasteiger partial charge in [-0.05, 0) is 12.3 Å². The average molecular weight is 236 g/mol. The standard InChI is InChI=1S/C8H16N2O4S/c1-9(2)15(13,14)10-4-3-7(6-10)5-8(11)12/h7H,3-6H2,1-2H3,(H,11,12). The second kappa shape index (κ2) is 4.46. The molecule has 0 aromatic heterocycles. The van der Waals surface area contributed by atoms with Gasteiger partial charge in [0.1, 0.15) is 0 Å². The lowest BCUT2D eigenvalue weighted by Gasteiger charge is -2.20. The first-order valence-electron chi connectivity index (χ1n) is 4.73. The fraction of sp³-hybridized carbons (Fsp3) is 0.875. The minimum atomic E-state index is -3.37. The molecule has 1 N–H and O–H groups in total. The second-order valence-electron chi connectivity index (χ2n) is 3.90. The van der Waals surface area contributed by atoms with Crippen LogP contribution in [0.25, 0.3) is 0 Å². The van der Waals surface area contributed by atoms with E-state index in [2.05, 4.69) is 0 Å². The van der Waals surface area contributed by atoms with Crippen LogP contribution < -0.4 is 0 Å². The zero-order valence-corrected chi connectivity index (χ0v) is 9.70. The van der Waals surface area contributed by atoms with Crippen LogP contribution in [0.1, 0.15) is 12.8 Å². The summed E-state index contributed by atoms with van der Waals surface area (Å²) in [5.41, 5.74) is 0. The molecule has 1 unspecified atom stereocenters. The largest absolute Gasteiger partial charge is 0.481 e. The number of carboxylic acid groups (broad SMARTS) is 1. The Morgan fingerprint density at radius 2 is 2.13 bits per heavy atom. The molecule has 1 heterocycles. The van der Waals surface area contributed by atoms with Gasteiger partial charge in [-0.1, -0.05) is 0 Å². The fourth-order valence-electron chi connectivity index (χ4n) is 1.65. The van der Waals surface area contributed by atoms with E-state index in [9.17, 15) is 13.2 Å². The predicted molar refractivity (Wildman–Crippen MR) is 54.5 cm³/mol. The highest BCUT2D eigenvalue weighted by Gasteiger charge is 2.33. The highest BCUT2D eigenvalue weighted by atomic mass is 32.2. The van der Waals surface area contributed by atoms with E-state index >= 15 is 0 Å². The molecule has 0 aliphatic carbocycles. The first kappa shape index (κ1) is 12.4. The molecule has 1 saturated heterocycles. The molecule has 0 bridgehead atoms. The molecule has 1 aliphatic rings. The maximum absolute atomic E-state index is 11.7. The fourth-order valence-corrected chi connectivity index (χ4v) is 2.85. The second-order valence-corrected chi connectivity index (χ2v) is 6.04. The van der Waals surface area contributed by atoms with Crippen LogP contribution in [0.3, 0.4) is 0 Å². The van der Waals surface area contributed by atoms with Gasteiger partial charge in [-0.3, -0.25) is 4.79 Å². The van der Waals surface area contributed by atoms with Crippen molar-refractivity contribution in [3.8, 4) is 0 Å². The van der Waals surface area contributed by atoms with Crippen LogP contribution in [-0.4, -0.2) is 55.3 Å². The normalized spacial score (nSPS) is 23.5. The lowest BCUT2D eigenvalue weighted by molar-refractivity contribution is -0.137. The molecule has 7 heteroatoms. The third-order valence-electron chi connectivity index (χ3n) is 2.50. The first-order chi connectivity index (χ1) is 6.84. The Kier molecular flexibility index (Phi) is 3.69. The van der Waals surface area contributed by atoms with E-state index in [1.54, 1.807) is 0 Å². The van der Waals surface area contributed by atoms with Crippen LogP contribution in [-0.2, 0) is 15.0 Å². The SMILES string of the molecule is CN(C)S(=O)(=O)N1CCC(CC(=O)O)C1. The Bertz CT molecular complexity index is 339. The molecular weight excluding hydrogens is 220 g/mol. The maximum atomic E-state index is 11.7. The summed E-state index contributed by atoms with van der Waals surface area (Å²) in [4.78, 5) is 10.5. The molecule has 1 fully saturated rings. The molecule has 1 atom stereocenters. The van der Waals surface area contributed by atoms with Crippen LogP contribution in [0.2, 0.25) is 0 Å². The van der Waals surface area contributed by atoms with Crippen molar-refractivity contribution < 1.29 is 18.3 Å². The smallest absolute Gasteiger partial charge is 0.303 e. The van der Waals surface area contributed by atoms with Gasteiger partial charge in [-0.25, -0.2) is 0 Å². The van der Waals surface area contributed by atoms with Gasteiger partial charge in [0.05, 0.1) is 0 Å². The van der Waals surface area contributed by atoms with Crippen LogP contribution in [0, 0.1) is 5.92 Å². The Morgan fingerprint density at radius 3 is 2.60 bits per heavy atom. The summed E-state index contributed by atoms with van der Waals surface area (Å²) >= 11 is 0. The molecule has 6 nitrogen and oxygen atoms in total. The Balaban J connectivity index is 2.60. The number of hydrogen-bond acceptors (Lipinski definition) is 3. The third-order valence-corrected chi connectivity index (χ3v) is 4.41. The molecular formula is C8H16N2O4S. The van der Waals surface area contributed by atoms with Gasteiger partial charge in [-0.2, -0.15) is 17.0 Å². The Morgan fingerprint density at radius 1 is 1.53 bits per heavy atom. The monoisotopic (exact) mass is 236 g/mol. The summed E-state index contributed by atoms with van der Waals surface area (Å²) in [6.07, 6.45) is 0.665. The average Bonchev–Trinajstić information content (AvgIpc) is 2.51. The molecule has 0 amide bonds. The van der Waals surface area contributed by atoms with Crippen molar-refractivity contribution in [2.45, 2.75) is 12.8 Å². The molecule has 0 saturated carbocycles. The number of nitrogens with zero attached hydrogens (tertiary/aromatic N) is 2. The lowest BCUT2D eigenvalue weighted by Crippen LogP contribution is -2.38. The topological polar surface area (TPSA) is 77.9 Å². The van der Waals surface area contributed by atoms with Gasteiger partial charge >= 0.3 is 5.97 Å². The van der Waals surface area contributed by atoms with E-state index in [0.29, 0.717) is 19.5 Å². The first-order valence-corrected chi connectivity index (χ1v) is 6.13. The van der Waals surface area contributed by atoms with Crippen molar-refractivity contribution in [1.29, 1.82) is 0 Å². The van der Waals surface area contributed by atoms with Crippen LogP contribution in [0.4, 0.5) is 0 Å². The molecule has 0 spiro atoms. The molecule has 0 radical (unpaired) electrons. The summed E-state index contributed by atoms with van der Waals surface area (Å²) in [6.45, 7) is 0.727. The summed E-state index contributed by atoms with van der Waals surface area (Å²) < 4.78 is 25.8. The van der Waals surface area contributed by atoms with Crippen molar-refractivity contribution in [3.63, 3.8) is 0 Å². The Labute approximate surface area is 89.7 Å². The molecule has 1 aliphatic heterocycles. The van der Waals surface area contributed by atoms with E-state index in [0.717, 1.165) is 4.31 Å². The van der Waals surface area contributed by atoms with Gasteiger partial charge < -0.3 is 5.11 Å². The van der Waals surface area contributed by atoms with Crippen LogP contribution >= 0.6 is 0 Å². The van der Waals surface area contributed by atoms with Gasteiger partial charge in [0.2, 0.25) is 0 Å². The van der Waals surface area contributed by atoms with Crippen molar-refractivity contribution >= 4 is 16.2 Å². The number of carboxylic acids is 1. The number of carbonyl (C=O) groups is 1. The van der Waals surface area contributed by atoms with Crippen molar-refractivity contribution in [1.82, 2.24) is 8.61 Å². The highest BCUT2D eigenvalue weighted by molar-refractivity contribution is 7.86. The van der Waals surface area contributed by atoms with Crippen molar-refractivity contribution in [3.05, 3.63) is 0 Å². The number of aliphatic carboxylic acids is 1. The Hall–Kier alpha value is -0.660. The zero-order chi connectivity index (χ0) is 11.6. The minimum Gasteiger partial charge on any atom is -0.481 e. The van der Waals surface area contributed by atoms with Gasteiger partial charge in [-0.15, -0.1) is 0 Å². The highest BCUT2D eigenvalue weighted by Crippen LogP contribution is 2.22. The van der Waals surface area contributed by atoms with Crippen molar-refractivity contribution in [2.75, 3.05) is 27.2 Å². The van der Waals surface area contributed by atoms with Gasteiger partial charge in [0, 0.05) is 33.6 Å². The quantitative estimate of drug-likeness (QED) is 0.719. The summed E-state index contributed by atoms with van der Waals surface area (Å²) in [7, 11) is -0.427. The van der Waals surface area contributed by atoms with E-state index < -0.39 is 16.2 Å². The summed E-state index contributed by atoms with van der Waals surface area (Å²) in [5.74, 6) is -0.929. The number of rotatable bonds is 4. The van der Waals surface area contributed by atoms with Crippen LogP contribution in [0.5, 0.6) is 0 Å². The summed E-state index contributed by atoms with van der Waals surface area (Å²) in [6, 6.07) is 0. The van der Waals surface area contributed by atoms with E-state index in [4.69, 9.17) is 5.11 Å². The molecule has 0 aromatic carbocycles. The molecule has 15 heavy (non-hydrogen) atoms. The van der Waals surface area contributed by atoms with E-state index in [1.165, 1.54) is 18.4 Å². The van der Waals surface area contributed by atoms with Gasteiger partial charge in [0.15, 0.2) is 0 Å². The third kappa shape index (κ3) is 2.90. The zero-order valence-electron chi connectivity index (χ0n) is 8.88. The van der Waals surface area contributed by atoms with E-state index in [1.807, 2.05) is 0 Å². The maximum Gasteiger partial charge on any atom is 0.303 e. The van der Waals surface area contributed by atoms with E-state index in [-0.39, 0.29) is 12.3 Å². The molecule has 88 valence electrons. The van der Waals surface area contributed by atoms with Gasteiger partial charge in [0.25, 0.3) is 10.2 Å². The molecule has 1 rings (SSSR count). The minimum absolute atomic E-state index is 0.0411. The predicted octanol–water partition coefficient (Wildman–Crippen LogP) is -0.411. The number of hydrogen-bond donors (Lipinski definition) is 1.